The zero-order valence-electron chi connectivity index (χ0n) is 24.3. The number of fused-ring (bicyclic) bond motifs is 1. The van der Waals surface area contributed by atoms with Crippen molar-refractivity contribution in [1.82, 2.24) is 23.8 Å². The average molecular weight is 594 g/mol. The standard InChI is InChI=1S/C34H32FN5O2S/c1-23-31(24-11-8-13-27(20-24)42-3)33(41)40-29(22-38(2)18-16-26-12-6-7-17-36-26)32(30-15-9-19-43-30)37-34(40)39(23)21-25-10-4-5-14-28(25)35/h4-15,17,19-20H,16,18,21-22H2,1-3H3. The minimum atomic E-state index is -0.304. The fourth-order valence-corrected chi connectivity index (χ4v) is 6.16. The van der Waals surface area contributed by atoms with Gasteiger partial charge in [-0.05, 0) is 61.3 Å². The maximum Gasteiger partial charge on any atom is 0.267 e. The van der Waals surface area contributed by atoms with Crippen LogP contribution < -0.4 is 10.3 Å². The highest BCUT2D eigenvalue weighted by atomic mass is 32.1. The fourth-order valence-electron chi connectivity index (χ4n) is 5.43. The third-order valence-electron chi connectivity index (χ3n) is 7.67. The van der Waals surface area contributed by atoms with Crippen molar-refractivity contribution in [1.29, 1.82) is 0 Å². The lowest BCUT2D eigenvalue weighted by molar-refractivity contribution is 0.325. The quantitative estimate of drug-likeness (QED) is 0.182. The van der Waals surface area contributed by atoms with E-state index in [2.05, 4.69) is 9.88 Å². The summed E-state index contributed by atoms with van der Waals surface area (Å²) in [5.74, 6) is 0.826. The second-order valence-corrected chi connectivity index (χ2v) is 11.5. The maximum atomic E-state index is 15.0. The van der Waals surface area contributed by atoms with E-state index in [0.717, 1.165) is 40.5 Å². The number of pyridine rings is 1. The molecule has 0 spiro atoms. The first kappa shape index (κ1) is 28.5. The van der Waals surface area contributed by atoms with Gasteiger partial charge in [-0.2, -0.15) is 0 Å². The minimum absolute atomic E-state index is 0.172. The summed E-state index contributed by atoms with van der Waals surface area (Å²) in [4.78, 5) is 27.3. The van der Waals surface area contributed by atoms with E-state index in [4.69, 9.17) is 9.72 Å². The van der Waals surface area contributed by atoms with E-state index in [1.165, 1.54) is 6.07 Å². The molecular weight excluding hydrogens is 561 g/mol. The molecule has 9 heteroatoms. The predicted octanol–water partition coefficient (Wildman–Crippen LogP) is 6.47. The molecule has 0 aliphatic rings. The van der Waals surface area contributed by atoms with E-state index in [1.807, 2.05) is 84.6 Å². The molecule has 7 nitrogen and oxygen atoms in total. The van der Waals surface area contributed by atoms with Gasteiger partial charge in [-0.15, -0.1) is 11.3 Å². The third-order valence-corrected chi connectivity index (χ3v) is 8.55. The van der Waals surface area contributed by atoms with Gasteiger partial charge in [-0.3, -0.25) is 9.78 Å². The zero-order valence-corrected chi connectivity index (χ0v) is 25.1. The number of ether oxygens (including phenoxy) is 1. The molecule has 6 rings (SSSR count). The van der Waals surface area contributed by atoms with Gasteiger partial charge in [-0.1, -0.05) is 42.5 Å². The summed E-state index contributed by atoms with van der Waals surface area (Å²) in [5, 5.41) is 2.01. The first-order chi connectivity index (χ1) is 20.9. The van der Waals surface area contributed by atoms with Gasteiger partial charge >= 0.3 is 0 Å². The van der Waals surface area contributed by atoms with Crippen LogP contribution in [0.3, 0.4) is 0 Å². The summed E-state index contributed by atoms with van der Waals surface area (Å²) in [6, 6.07) is 24.1. The minimum Gasteiger partial charge on any atom is -0.497 e. The molecule has 4 heterocycles. The van der Waals surface area contributed by atoms with Gasteiger partial charge in [0.25, 0.3) is 5.56 Å². The Kier molecular flexibility index (Phi) is 8.18. The van der Waals surface area contributed by atoms with E-state index >= 15 is 0 Å². The zero-order chi connectivity index (χ0) is 29.9. The van der Waals surface area contributed by atoms with Gasteiger partial charge in [0.15, 0.2) is 0 Å². The highest BCUT2D eigenvalue weighted by Crippen LogP contribution is 2.32. The number of aromatic nitrogens is 4. The SMILES string of the molecule is COc1cccc(-c2c(C)n(Cc3ccccc3F)c3nc(-c4cccs4)c(CN(C)CCc4ccccn4)n3c2=O)c1. The number of hydrogen-bond donors (Lipinski definition) is 0. The van der Waals surface area contributed by atoms with Crippen molar-refractivity contribution < 1.29 is 9.13 Å². The molecule has 43 heavy (non-hydrogen) atoms. The van der Waals surface area contributed by atoms with Crippen LogP contribution in [-0.4, -0.2) is 44.5 Å². The number of hydrogen-bond acceptors (Lipinski definition) is 6. The maximum absolute atomic E-state index is 15.0. The van der Waals surface area contributed by atoms with Gasteiger partial charge in [0.2, 0.25) is 5.78 Å². The molecule has 6 aromatic rings. The smallest absolute Gasteiger partial charge is 0.267 e. The second kappa shape index (κ2) is 12.3. The Hall–Kier alpha value is -4.60. The van der Waals surface area contributed by atoms with Crippen LogP contribution in [-0.2, 0) is 19.5 Å². The Labute approximate surface area is 253 Å². The summed E-state index contributed by atoms with van der Waals surface area (Å²) >= 11 is 1.58. The van der Waals surface area contributed by atoms with Gasteiger partial charge in [0.1, 0.15) is 17.3 Å². The van der Waals surface area contributed by atoms with Crippen molar-refractivity contribution in [2.75, 3.05) is 20.7 Å². The number of thiophene rings is 1. The van der Waals surface area contributed by atoms with E-state index in [9.17, 15) is 9.18 Å². The van der Waals surface area contributed by atoms with E-state index in [-0.39, 0.29) is 17.9 Å². The highest BCUT2D eigenvalue weighted by molar-refractivity contribution is 7.13. The largest absolute Gasteiger partial charge is 0.497 e. The van der Waals surface area contributed by atoms with Crippen molar-refractivity contribution in [2.45, 2.75) is 26.4 Å². The van der Waals surface area contributed by atoms with Gasteiger partial charge in [0, 0.05) is 42.7 Å². The lowest BCUT2D eigenvalue weighted by atomic mass is 10.0. The molecule has 0 aliphatic heterocycles. The van der Waals surface area contributed by atoms with Crippen LogP contribution in [0.15, 0.2) is 95.2 Å². The normalized spacial score (nSPS) is 11.5. The fraction of sp³-hybridized carbons (Fsp3) is 0.206. The monoisotopic (exact) mass is 593 g/mol. The van der Waals surface area contributed by atoms with Crippen molar-refractivity contribution in [3.63, 3.8) is 0 Å². The first-order valence-electron chi connectivity index (χ1n) is 14.1. The number of nitrogens with zero attached hydrogens (tertiary/aromatic N) is 5. The number of methoxy groups -OCH3 is 1. The Balaban J connectivity index is 1.56. The van der Waals surface area contributed by atoms with Crippen molar-refractivity contribution >= 4 is 17.1 Å². The molecule has 0 saturated heterocycles. The summed E-state index contributed by atoms with van der Waals surface area (Å²) in [6.45, 7) is 3.34. The molecule has 0 unspecified atom stereocenters. The lowest BCUT2D eigenvalue weighted by Gasteiger charge is -2.19. The molecule has 0 bridgehead atoms. The molecule has 0 saturated carbocycles. The number of imidazole rings is 1. The van der Waals surface area contributed by atoms with Crippen molar-refractivity contribution in [3.8, 4) is 27.4 Å². The van der Waals surface area contributed by atoms with Crippen molar-refractivity contribution in [2.24, 2.45) is 0 Å². The summed E-state index contributed by atoms with van der Waals surface area (Å²) in [7, 11) is 3.64. The van der Waals surface area contributed by atoms with Gasteiger partial charge in [0.05, 0.1) is 29.8 Å². The van der Waals surface area contributed by atoms with E-state index in [0.29, 0.717) is 34.9 Å². The molecule has 0 atom stereocenters. The number of likely N-dealkylation sites (N-methyl/N-ethyl adjacent to an activating group) is 1. The van der Waals surface area contributed by atoms with E-state index < -0.39 is 0 Å². The molecule has 4 aromatic heterocycles. The second-order valence-electron chi connectivity index (χ2n) is 10.5. The highest BCUT2D eigenvalue weighted by Gasteiger charge is 2.25. The van der Waals surface area contributed by atoms with Crippen LogP contribution >= 0.6 is 11.3 Å². The Morgan fingerprint density at radius 3 is 2.60 bits per heavy atom. The molecule has 2 aromatic carbocycles. The Morgan fingerprint density at radius 2 is 1.86 bits per heavy atom. The lowest BCUT2D eigenvalue weighted by Crippen LogP contribution is -2.28. The van der Waals surface area contributed by atoms with Gasteiger partial charge in [-0.25, -0.2) is 13.8 Å². The summed E-state index contributed by atoms with van der Waals surface area (Å²) < 4.78 is 24.1. The van der Waals surface area contributed by atoms with Crippen LogP contribution in [0.4, 0.5) is 4.39 Å². The molecule has 0 aliphatic carbocycles. The number of rotatable bonds is 10. The molecule has 0 fully saturated rings. The van der Waals surface area contributed by atoms with Crippen LogP contribution in [0.1, 0.15) is 22.6 Å². The topological polar surface area (TPSA) is 64.7 Å². The molecule has 0 amide bonds. The predicted molar refractivity (Wildman–Crippen MR) is 169 cm³/mol. The molecule has 0 radical (unpaired) electrons. The Bertz CT molecular complexity index is 1930. The van der Waals surface area contributed by atoms with Gasteiger partial charge < -0.3 is 14.2 Å². The first-order valence-corrected chi connectivity index (χ1v) is 15.0. The van der Waals surface area contributed by atoms with Crippen molar-refractivity contribution in [3.05, 3.63) is 129 Å². The van der Waals surface area contributed by atoms with Crippen LogP contribution in [0.2, 0.25) is 0 Å². The molecular formula is C34H32FN5O2S. The average Bonchev–Trinajstić information content (AvgIpc) is 3.69. The number of benzene rings is 2. The summed E-state index contributed by atoms with van der Waals surface area (Å²) in [5.41, 5.74) is 4.85. The van der Waals surface area contributed by atoms with Crippen LogP contribution in [0.5, 0.6) is 5.75 Å². The third kappa shape index (κ3) is 5.74. The van der Waals surface area contributed by atoms with Crippen LogP contribution in [0, 0.1) is 12.7 Å². The Morgan fingerprint density at radius 1 is 1.02 bits per heavy atom. The number of halogens is 1. The summed E-state index contributed by atoms with van der Waals surface area (Å²) in [6.07, 6.45) is 2.57. The van der Waals surface area contributed by atoms with E-state index in [1.54, 1.807) is 41.2 Å². The molecule has 218 valence electrons. The molecule has 0 N–H and O–H groups in total. The van der Waals surface area contributed by atoms with Crippen LogP contribution in [0.25, 0.3) is 27.5 Å².